The van der Waals surface area contributed by atoms with Gasteiger partial charge in [-0.15, -0.1) is 0 Å². The quantitative estimate of drug-likeness (QED) is 0.159. The molecule has 8 nitrogen and oxygen atoms in total. The molecule has 0 unspecified atom stereocenters. The summed E-state index contributed by atoms with van der Waals surface area (Å²) in [5, 5.41) is 9.61. The minimum Gasteiger partial charge on any atom is -0.480 e. The number of hydrogen-bond acceptors (Lipinski definition) is 7. The van der Waals surface area contributed by atoms with Gasteiger partial charge >= 0.3 is 17.9 Å². The first kappa shape index (κ1) is 33.4. The van der Waals surface area contributed by atoms with Crippen molar-refractivity contribution in [3.63, 3.8) is 0 Å². The largest absolute Gasteiger partial charge is 0.480 e. The molecule has 0 bridgehead atoms. The molecule has 1 rings (SSSR count). The Hall–Kier alpha value is -1.67. The molecule has 0 aromatic rings. The molecule has 1 heterocycles. The van der Waals surface area contributed by atoms with Gasteiger partial charge in [-0.25, -0.2) is 0 Å². The van der Waals surface area contributed by atoms with Crippen LogP contribution in [0.4, 0.5) is 0 Å². The van der Waals surface area contributed by atoms with Crippen LogP contribution in [0.1, 0.15) is 111 Å². The second-order valence-electron chi connectivity index (χ2n) is 11.6. The Balaban J connectivity index is 2.25. The Morgan fingerprint density at radius 3 is 2.16 bits per heavy atom. The van der Waals surface area contributed by atoms with Crippen molar-refractivity contribution in [2.75, 3.05) is 40.3 Å². The van der Waals surface area contributed by atoms with E-state index < -0.39 is 17.4 Å². The van der Waals surface area contributed by atoms with Gasteiger partial charge in [0.05, 0.1) is 18.4 Å². The third-order valence-electron chi connectivity index (χ3n) is 7.24. The monoisotopic (exact) mass is 526 g/mol. The summed E-state index contributed by atoms with van der Waals surface area (Å²) < 4.78 is 11.1. The van der Waals surface area contributed by atoms with Gasteiger partial charge in [0.25, 0.3) is 0 Å². The zero-order valence-corrected chi connectivity index (χ0v) is 24.3. The first-order valence-electron chi connectivity index (χ1n) is 14.5. The lowest BCUT2D eigenvalue weighted by Crippen LogP contribution is -2.36. The van der Waals surface area contributed by atoms with Gasteiger partial charge < -0.3 is 19.5 Å². The summed E-state index contributed by atoms with van der Waals surface area (Å²) in [6, 6.07) is -0.638. The number of likely N-dealkylation sites (tertiary alicyclic amines) is 1. The highest BCUT2D eigenvalue weighted by Gasteiger charge is 2.38. The van der Waals surface area contributed by atoms with Crippen LogP contribution in [0.25, 0.3) is 0 Å². The summed E-state index contributed by atoms with van der Waals surface area (Å²) in [5.74, 6) is -1.32. The number of rotatable bonds is 21. The van der Waals surface area contributed by atoms with Crippen molar-refractivity contribution in [2.24, 2.45) is 5.41 Å². The van der Waals surface area contributed by atoms with Crippen LogP contribution >= 0.6 is 0 Å². The standard InChI is InChI=1S/C29H54N2O6/c1-6-7-8-9-10-11-12-13-16-21-36-28(35)29(2,3)18-14-15-19-31-23-24(22-25(31)27(33)34)37-26(32)17-20-30(4)5/h24-25H,6-23H2,1-5H3,(H,33,34)/t24-,25-/m0/s1. The maximum atomic E-state index is 12.6. The van der Waals surface area contributed by atoms with Gasteiger partial charge in [0, 0.05) is 19.5 Å². The molecule has 0 aromatic carbocycles. The van der Waals surface area contributed by atoms with Crippen LogP contribution in [-0.2, 0) is 23.9 Å². The molecule has 216 valence electrons. The van der Waals surface area contributed by atoms with E-state index in [1.807, 2.05) is 37.7 Å². The zero-order chi connectivity index (χ0) is 27.7. The molecule has 1 aliphatic rings. The summed E-state index contributed by atoms with van der Waals surface area (Å²) in [6.07, 6.45) is 13.6. The van der Waals surface area contributed by atoms with Crippen molar-refractivity contribution in [2.45, 2.75) is 123 Å². The number of nitrogens with zero attached hydrogens (tertiary/aromatic N) is 2. The van der Waals surface area contributed by atoms with Gasteiger partial charge in [0.15, 0.2) is 0 Å². The van der Waals surface area contributed by atoms with Crippen LogP contribution in [0.5, 0.6) is 0 Å². The maximum absolute atomic E-state index is 12.6. The first-order chi connectivity index (χ1) is 17.6. The third-order valence-corrected chi connectivity index (χ3v) is 7.24. The van der Waals surface area contributed by atoms with Crippen molar-refractivity contribution in [3.8, 4) is 0 Å². The molecule has 1 aliphatic heterocycles. The average molecular weight is 527 g/mol. The number of carboxylic acid groups (broad SMARTS) is 1. The van der Waals surface area contributed by atoms with E-state index in [0.29, 0.717) is 45.5 Å². The van der Waals surface area contributed by atoms with Crippen LogP contribution in [-0.4, -0.2) is 85.3 Å². The van der Waals surface area contributed by atoms with E-state index in [1.165, 1.54) is 44.9 Å². The van der Waals surface area contributed by atoms with E-state index in [1.54, 1.807) is 0 Å². The normalized spacial score (nSPS) is 18.3. The second kappa shape index (κ2) is 18.6. The molecular formula is C29H54N2O6. The van der Waals surface area contributed by atoms with Crippen LogP contribution in [0, 0.1) is 5.41 Å². The van der Waals surface area contributed by atoms with Crippen LogP contribution in [0.15, 0.2) is 0 Å². The molecule has 0 amide bonds. The number of aliphatic carboxylic acids is 1. The lowest BCUT2D eigenvalue weighted by atomic mass is 9.87. The summed E-state index contributed by atoms with van der Waals surface area (Å²) in [6.45, 7) is 8.21. The van der Waals surface area contributed by atoms with Crippen molar-refractivity contribution in [1.82, 2.24) is 9.80 Å². The summed E-state index contributed by atoms with van der Waals surface area (Å²) in [5.41, 5.74) is -0.555. The van der Waals surface area contributed by atoms with Crippen LogP contribution in [0.3, 0.4) is 0 Å². The molecule has 0 saturated carbocycles. The highest BCUT2D eigenvalue weighted by molar-refractivity contribution is 5.76. The number of esters is 2. The number of carbonyl (C=O) groups excluding carboxylic acids is 2. The van der Waals surface area contributed by atoms with Gasteiger partial charge in [0.2, 0.25) is 0 Å². The van der Waals surface area contributed by atoms with E-state index >= 15 is 0 Å². The van der Waals surface area contributed by atoms with E-state index in [4.69, 9.17) is 9.47 Å². The van der Waals surface area contributed by atoms with Gasteiger partial charge in [-0.3, -0.25) is 19.3 Å². The van der Waals surface area contributed by atoms with E-state index in [-0.39, 0.29) is 18.0 Å². The Labute approximate surface area is 225 Å². The molecule has 8 heteroatoms. The molecule has 1 N–H and O–H groups in total. The summed E-state index contributed by atoms with van der Waals surface area (Å²) >= 11 is 0. The minimum absolute atomic E-state index is 0.152. The minimum atomic E-state index is -0.882. The maximum Gasteiger partial charge on any atom is 0.321 e. The van der Waals surface area contributed by atoms with Crippen LogP contribution in [0.2, 0.25) is 0 Å². The van der Waals surface area contributed by atoms with E-state index in [0.717, 1.165) is 25.7 Å². The molecule has 0 aromatic heterocycles. The van der Waals surface area contributed by atoms with Gasteiger partial charge in [0.1, 0.15) is 12.1 Å². The molecule has 1 fully saturated rings. The highest BCUT2D eigenvalue weighted by atomic mass is 16.5. The number of carboxylic acids is 1. The van der Waals surface area contributed by atoms with Gasteiger partial charge in [-0.2, -0.15) is 0 Å². The number of carbonyl (C=O) groups is 3. The topological polar surface area (TPSA) is 96.4 Å². The fraction of sp³-hybridized carbons (Fsp3) is 0.897. The van der Waals surface area contributed by atoms with Gasteiger partial charge in [-0.05, 0) is 53.8 Å². The highest BCUT2D eigenvalue weighted by Crippen LogP contribution is 2.27. The predicted octanol–water partition coefficient (Wildman–Crippen LogP) is 5.28. The molecule has 0 spiro atoms. The Kier molecular flexibility index (Phi) is 16.7. The fourth-order valence-electron chi connectivity index (χ4n) is 4.77. The van der Waals surface area contributed by atoms with Crippen LogP contribution < -0.4 is 0 Å². The Morgan fingerprint density at radius 2 is 1.57 bits per heavy atom. The Bertz CT molecular complexity index is 667. The van der Waals surface area contributed by atoms with Crippen molar-refractivity contribution in [3.05, 3.63) is 0 Å². The lowest BCUT2D eigenvalue weighted by molar-refractivity contribution is -0.154. The number of hydrogen-bond donors (Lipinski definition) is 1. The molecule has 37 heavy (non-hydrogen) atoms. The first-order valence-corrected chi connectivity index (χ1v) is 14.5. The summed E-state index contributed by atoms with van der Waals surface area (Å²) in [4.78, 5) is 40.1. The number of unbranched alkanes of at least 4 members (excludes halogenated alkanes) is 9. The Morgan fingerprint density at radius 1 is 0.946 bits per heavy atom. The van der Waals surface area contributed by atoms with Crippen molar-refractivity contribution in [1.29, 1.82) is 0 Å². The lowest BCUT2D eigenvalue weighted by Gasteiger charge is -2.24. The van der Waals surface area contributed by atoms with Crippen molar-refractivity contribution < 1.29 is 29.0 Å². The average Bonchev–Trinajstić information content (AvgIpc) is 3.24. The zero-order valence-electron chi connectivity index (χ0n) is 24.3. The van der Waals surface area contributed by atoms with E-state index in [9.17, 15) is 19.5 Å². The molecule has 0 aliphatic carbocycles. The smallest absolute Gasteiger partial charge is 0.321 e. The number of ether oxygens (including phenoxy) is 2. The predicted molar refractivity (Wildman–Crippen MR) is 146 cm³/mol. The molecule has 1 saturated heterocycles. The third kappa shape index (κ3) is 14.7. The van der Waals surface area contributed by atoms with Crippen molar-refractivity contribution >= 4 is 17.9 Å². The fourth-order valence-corrected chi connectivity index (χ4v) is 4.77. The molecule has 0 radical (unpaired) electrons. The second-order valence-corrected chi connectivity index (χ2v) is 11.6. The van der Waals surface area contributed by atoms with Gasteiger partial charge in [-0.1, -0.05) is 64.7 Å². The summed E-state index contributed by atoms with van der Waals surface area (Å²) in [7, 11) is 3.79. The SMILES string of the molecule is CCCCCCCCCCCOC(=O)C(C)(C)CCCCN1C[C@@H](OC(=O)CCN(C)C)C[C@H]1C(=O)O. The van der Waals surface area contributed by atoms with E-state index in [2.05, 4.69) is 6.92 Å². The molecular weight excluding hydrogens is 472 g/mol. The molecule has 2 atom stereocenters.